The Morgan fingerprint density at radius 3 is 2.28 bits per heavy atom. The summed E-state index contributed by atoms with van der Waals surface area (Å²) in [7, 11) is 0. The Morgan fingerprint density at radius 1 is 1.17 bits per heavy atom. The molecule has 0 aliphatic heterocycles. The van der Waals surface area contributed by atoms with Gasteiger partial charge in [0.25, 0.3) is 0 Å². The van der Waals surface area contributed by atoms with Gasteiger partial charge in [-0.2, -0.15) is 13.2 Å². The maximum Gasteiger partial charge on any atom is 0.417 e. The van der Waals surface area contributed by atoms with Gasteiger partial charge in [-0.3, -0.25) is 0 Å². The summed E-state index contributed by atoms with van der Waals surface area (Å²) in [5.41, 5.74) is -0.215. The molecule has 0 saturated heterocycles. The Labute approximate surface area is 110 Å². The van der Waals surface area contributed by atoms with Crippen LogP contribution in [0.1, 0.15) is 32.8 Å². The first-order chi connectivity index (χ1) is 8.09. The Bertz CT molecular complexity index is 408. The van der Waals surface area contributed by atoms with Gasteiger partial charge in [0.1, 0.15) is 0 Å². The second kappa shape index (κ2) is 5.39. The molecule has 1 aromatic carbocycles. The van der Waals surface area contributed by atoms with Crippen molar-refractivity contribution < 1.29 is 13.2 Å². The number of hydrogen-bond donors (Lipinski definition) is 1. The van der Waals surface area contributed by atoms with Gasteiger partial charge in [-0.1, -0.05) is 32.4 Å². The summed E-state index contributed by atoms with van der Waals surface area (Å²) in [6, 6.07) is 3.87. The van der Waals surface area contributed by atoms with E-state index in [0.717, 1.165) is 12.5 Å². The molecule has 102 valence electrons. The molecule has 18 heavy (non-hydrogen) atoms. The lowest BCUT2D eigenvalue weighted by Crippen LogP contribution is -2.13. The maximum atomic E-state index is 12.6. The van der Waals surface area contributed by atoms with Crippen molar-refractivity contribution in [2.75, 3.05) is 11.9 Å². The monoisotopic (exact) mass is 279 g/mol. The number of nitrogens with one attached hydrogen (secondary N) is 1. The summed E-state index contributed by atoms with van der Waals surface area (Å²) in [5, 5.41) is 2.71. The SMILES string of the molecule is CC(C)(C)CCNc1ccc(Cl)c(C(F)(F)F)c1. The van der Waals surface area contributed by atoms with Gasteiger partial charge in [0.15, 0.2) is 0 Å². The number of benzene rings is 1. The molecule has 0 unspecified atom stereocenters. The van der Waals surface area contributed by atoms with E-state index in [1.54, 1.807) is 6.07 Å². The molecule has 0 saturated carbocycles. The first-order valence-electron chi connectivity index (χ1n) is 5.70. The van der Waals surface area contributed by atoms with Crippen molar-refractivity contribution in [1.29, 1.82) is 0 Å². The molecule has 0 radical (unpaired) electrons. The highest BCUT2D eigenvalue weighted by molar-refractivity contribution is 6.31. The average molecular weight is 280 g/mol. The quantitative estimate of drug-likeness (QED) is 0.801. The van der Waals surface area contributed by atoms with E-state index in [-0.39, 0.29) is 10.4 Å². The normalized spacial score (nSPS) is 12.6. The fourth-order valence-electron chi connectivity index (χ4n) is 1.43. The molecule has 5 heteroatoms. The van der Waals surface area contributed by atoms with Crippen molar-refractivity contribution in [2.24, 2.45) is 5.41 Å². The third-order valence-corrected chi connectivity index (χ3v) is 2.81. The number of rotatable bonds is 3. The van der Waals surface area contributed by atoms with Gasteiger partial charge in [-0.15, -0.1) is 0 Å². The van der Waals surface area contributed by atoms with Crippen molar-refractivity contribution >= 4 is 17.3 Å². The highest BCUT2D eigenvalue weighted by Crippen LogP contribution is 2.36. The second-order valence-corrected chi connectivity index (χ2v) is 5.84. The molecule has 0 spiro atoms. The van der Waals surface area contributed by atoms with E-state index in [1.165, 1.54) is 6.07 Å². The van der Waals surface area contributed by atoms with E-state index < -0.39 is 11.7 Å². The molecule has 0 aliphatic carbocycles. The van der Waals surface area contributed by atoms with E-state index >= 15 is 0 Å². The lowest BCUT2D eigenvalue weighted by atomic mass is 9.92. The van der Waals surface area contributed by atoms with Crippen LogP contribution in [0.2, 0.25) is 5.02 Å². The highest BCUT2D eigenvalue weighted by Gasteiger charge is 2.33. The number of alkyl halides is 3. The molecule has 1 nitrogen and oxygen atoms in total. The van der Waals surface area contributed by atoms with Gasteiger partial charge in [0.2, 0.25) is 0 Å². The Hall–Kier alpha value is -0.900. The summed E-state index contributed by atoms with van der Waals surface area (Å²) in [6.45, 7) is 6.87. The van der Waals surface area contributed by atoms with Crippen LogP contribution in [0.15, 0.2) is 18.2 Å². The van der Waals surface area contributed by atoms with Crippen LogP contribution in [0.5, 0.6) is 0 Å². The fraction of sp³-hybridized carbons (Fsp3) is 0.538. The molecule has 0 heterocycles. The summed E-state index contributed by atoms with van der Waals surface area (Å²) < 4.78 is 37.9. The topological polar surface area (TPSA) is 12.0 Å². The minimum atomic E-state index is -4.42. The zero-order valence-electron chi connectivity index (χ0n) is 10.7. The predicted octanol–water partition coefficient (Wildman–Crippen LogP) is 5.21. The summed E-state index contributed by atoms with van der Waals surface area (Å²) in [4.78, 5) is 0. The van der Waals surface area contributed by atoms with Crippen molar-refractivity contribution in [3.8, 4) is 0 Å². The lowest BCUT2D eigenvalue weighted by molar-refractivity contribution is -0.137. The van der Waals surface area contributed by atoms with E-state index in [0.29, 0.717) is 12.2 Å². The minimum absolute atomic E-state index is 0.145. The van der Waals surface area contributed by atoms with Crippen molar-refractivity contribution in [3.63, 3.8) is 0 Å². The Morgan fingerprint density at radius 2 is 1.78 bits per heavy atom. The highest BCUT2D eigenvalue weighted by atomic mass is 35.5. The van der Waals surface area contributed by atoms with Gasteiger partial charge >= 0.3 is 6.18 Å². The van der Waals surface area contributed by atoms with Gasteiger partial charge < -0.3 is 5.32 Å². The molecule has 1 rings (SSSR count). The van der Waals surface area contributed by atoms with Gasteiger partial charge in [-0.05, 0) is 30.0 Å². The molecule has 1 aromatic rings. The van der Waals surface area contributed by atoms with E-state index in [4.69, 9.17) is 11.6 Å². The third kappa shape index (κ3) is 4.77. The molecule has 0 atom stereocenters. The van der Waals surface area contributed by atoms with Crippen LogP contribution in [-0.2, 0) is 6.18 Å². The van der Waals surface area contributed by atoms with Crippen LogP contribution in [-0.4, -0.2) is 6.54 Å². The molecule has 0 fully saturated rings. The van der Waals surface area contributed by atoms with Crippen LogP contribution >= 0.6 is 11.6 Å². The van der Waals surface area contributed by atoms with Gasteiger partial charge in [0, 0.05) is 12.2 Å². The standard InChI is InChI=1S/C13H17ClF3N/c1-12(2,3)6-7-18-9-4-5-11(14)10(8-9)13(15,16)17/h4-5,8,18H,6-7H2,1-3H3. The maximum absolute atomic E-state index is 12.6. The largest absolute Gasteiger partial charge is 0.417 e. The van der Waals surface area contributed by atoms with Crippen molar-refractivity contribution in [2.45, 2.75) is 33.4 Å². The van der Waals surface area contributed by atoms with Crippen LogP contribution in [0.3, 0.4) is 0 Å². The van der Waals surface area contributed by atoms with Gasteiger partial charge in [0.05, 0.1) is 10.6 Å². The summed E-state index contributed by atoms with van der Waals surface area (Å²) in [6.07, 6.45) is -3.55. The summed E-state index contributed by atoms with van der Waals surface area (Å²) in [5.74, 6) is 0. The van der Waals surface area contributed by atoms with Gasteiger partial charge in [-0.25, -0.2) is 0 Å². The first-order valence-corrected chi connectivity index (χ1v) is 6.08. The fourth-order valence-corrected chi connectivity index (χ4v) is 1.66. The lowest BCUT2D eigenvalue weighted by Gasteiger charge is -2.19. The molecular formula is C13H17ClF3N. The molecule has 0 aliphatic rings. The van der Waals surface area contributed by atoms with E-state index in [2.05, 4.69) is 26.1 Å². The Balaban J connectivity index is 2.74. The molecule has 0 amide bonds. The van der Waals surface area contributed by atoms with Crippen LogP contribution in [0.25, 0.3) is 0 Å². The Kier molecular flexibility index (Phi) is 4.54. The summed E-state index contributed by atoms with van der Waals surface area (Å²) >= 11 is 5.54. The molecule has 0 bridgehead atoms. The van der Waals surface area contributed by atoms with Crippen LogP contribution < -0.4 is 5.32 Å². The first kappa shape index (κ1) is 15.2. The second-order valence-electron chi connectivity index (χ2n) is 5.43. The predicted molar refractivity (Wildman–Crippen MR) is 69.0 cm³/mol. The number of hydrogen-bond acceptors (Lipinski definition) is 1. The van der Waals surface area contributed by atoms with Crippen molar-refractivity contribution in [3.05, 3.63) is 28.8 Å². The van der Waals surface area contributed by atoms with E-state index in [1.807, 2.05) is 0 Å². The molecule has 0 aromatic heterocycles. The molecular weight excluding hydrogens is 263 g/mol. The average Bonchev–Trinajstić information content (AvgIpc) is 2.17. The smallest absolute Gasteiger partial charge is 0.385 e. The zero-order valence-corrected chi connectivity index (χ0v) is 11.4. The van der Waals surface area contributed by atoms with Crippen LogP contribution in [0.4, 0.5) is 18.9 Å². The minimum Gasteiger partial charge on any atom is -0.385 e. The number of anilines is 1. The zero-order chi connectivity index (χ0) is 14.0. The van der Waals surface area contributed by atoms with Crippen LogP contribution in [0, 0.1) is 5.41 Å². The third-order valence-electron chi connectivity index (χ3n) is 2.48. The number of halogens is 4. The van der Waals surface area contributed by atoms with E-state index in [9.17, 15) is 13.2 Å². The molecule has 1 N–H and O–H groups in total. The van der Waals surface area contributed by atoms with Crippen molar-refractivity contribution in [1.82, 2.24) is 0 Å².